The van der Waals surface area contributed by atoms with Crippen LogP contribution < -0.4 is 21.1 Å². The third-order valence-corrected chi connectivity index (χ3v) is 6.14. The number of anilines is 4. The second-order valence-electron chi connectivity index (χ2n) is 9.49. The van der Waals surface area contributed by atoms with E-state index in [-0.39, 0.29) is 34.4 Å². The zero-order valence-corrected chi connectivity index (χ0v) is 19.4. The van der Waals surface area contributed by atoms with Gasteiger partial charge in [-0.15, -0.1) is 0 Å². The lowest BCUT2D eigenvalue weighted by molar-refractivity contribution is 0.100. The van der Waals surface area contributed by atoms with Crippen molar-refractivity contribution in [1.82, 2.24) is 14.9 Å². The standard InChI is InChI=1S/C25H27FN6O2/c1-25(2)11-15-5-4-6-19(21(15)34-25)29-23-17(22(27)33)12-28-24(31-23)30-20-10-16-13-32(3)8-7-14(16)9-18(20)26/h4-6,9-10,12H,7-8,11,13H2,1-3H3,(H2,27,33)(H2,28,29,30,31). The highest BCUT2D eigenvalue weighted by atomic mass is 19.1. The van der Waals surface area contributed by atoms with Crippen molar-refractivity contribution in [2.24, 2.45) is 5.73 Å². The molecule has 2 aliphatic rings. The Kier molecular flexibility index (Phi) is 5.36. The zero-order valence-electron chi connectivity index (χ0n) is 19.4. The number of para-hydroxylation sites is 1. The van der Waals surface area contributed by atoms with Crippen LogP contribution in [0.2, 0.25) is 0 Å². The van der Waals surface area contributed by atoms with Gasteiger partial charge < -0.3 is 26.0 Å². The van der Waals surface area contributed by atoms with Crippen LogP contribution >= 0.6 is 0 Å². The van der Waals surface area contributed by atoms with Crippen LogP contribution in [-0.2, 0) is 19.4 Å². The summed E-state index contributed by atoms with van der Waals surface area (Å²) in [5, 5.41) is 6.13. The Morgan fingerprint density at radius 1 is 1.18 bits per heavy atom. The molecular weight excluding hydrogens is 435 g/mol. The van der Waals surface area contributed by atoms with Crippen LogP contribution in [0.5, 0.6) is 5.75 Å². The van der Waals surface area contributed by atoms with Gasteiger partial charge in [0.1, 0.15) is 28.5 Å². The maximum Gasteiger partial charge on any atom is 0.254 e. The molecule has 0 bridgehead atoms. The lowest BCUT2D eigenvalue weighted by Gasteiger charge is -2.25. The van der Waals surface area contributed by atoms with E-state index in [0.717, 1.165) is 42.6 Å². The molecule has 0 unspecified atom stereocenters. The van der Waals surface area contributed by atoms with Gasteiger partial charge in [-0.2, -0.15) is 4.98 Å². The Labute approximate surface area is 197 Å². The van der Waals surface area contributed by atoms with Gasteiger partial charge in [-0.25, -0.2) is 9.37 Å². The second kappa shape index (κ2) is 8.25. The number of hydrogen-bond donors (Lipinski definition) is 3. The van der Waals surface area contributed by atoms with Crippen LogP contribution in [0.4, 0.5) is 27.5 Å². The van der Waals surface area contributed by atoms with Crippen LogP contribution in [0.3, 0.4) is 0 Å². The number of carbonyl (C=O) groups excluding carboxylic acids is 1. The zero-order chi connectivity index (χ0) is 24.0. The van der Waals surface area contributed by atoms with E-state index in [0.29, 0.717) is 11.4 Å². The van der Waals surface area contributed by atoms with Gasteiger partial charge >= 0.3 is 0 Å². The Morgan fingerprint density at radius 3 is 2.79 bits per heavy atom. The molecule has 0 spiro atoms. The van der Waals surface area contributed by atoms with E-state index < -0.39 is 5.91 Å². The highest BCUT2D eigenvalue weighted by Gasteiger charge is 2.32. The summed E-state index contributed by atoms with van der Waals surface area (Å²) in [6.07, 6.45) is 2.91. The summed E-state index contributed by atoms with van der Waals surface area (Å²) in [6.45, 7) is 5.68. The van der Waals surface area contributed by atoms with Crippen molar-refractivity contribution in [3.63, 3.8) is 0 Å². The molecule has 0 aliphatic carbocycles. The molecule has 176 valence electrons. The summed E-state index contributed by atoms with van der Waals surface area (Å²) in [6, 6.07) is 9.12. The van der Waals surface area contributed by atoms with Crippen LogP contribution in [0, 0.1) is 5.82 Å². The number of nitrogens with one attached hydrogen (secondary N) is 2. The summed E-state index contributed by atoms with van der Waals surface area (Å²) < 4.78 is 20.9. The van der Waals surface area contributed by atoms with E-state index in [9.17, 15) is 9.18 Å². The Hall–Kier alpha value is -3.72. The SMILES string of the molecule is CN1CCc2cc(F)c(Nc3ncc(C(N)=O)c(Nc4cccc5c4OC(C)(C)C5)n3)cc2C1. The van der Waals surface area contributed by atoms with Gasteiger partial charge in [0.15, 0.2) is 0 Å². The third-order valence-electron chi connectivity index (χ3n) is 6.14. The fraction of sp³-hybridized carbons (Fsp3) is 0.320. The average molecular weight is 463 g/mol. The van der Waals surface area contributed by atoms with Gasteiger partial charge in [0, 0.05) is 31.3 Å². The number of hydrogen-bond acceptors (Lipinski definition) is 7. The predicted octanol–water partition coefficient (Wildman–Crippen LogP) is 3.90. The van der Waals surface area contributed by atoms with Crippen LogP contribution in [-0.4, -0.2) is 40.0 Å². The van der Waals surface area contributed by atoms with Crippen molar-refractivity contribution in [2.45, 2.75) is 38.8 Å². The number of rotatable bonds is 5. The predicted molar refractivity (Wildman–Crippen MR) is 128 cm³/mol. The van der Waals surface area contributed by atoms with Gasteiger partial charge in [-0.05, 0) is 56.6 Å². The van der Waals surface area contributed by atoms with Crippen LogP contribution in [0.1, 0.15) is 40.9 Å². The molecule has 3 heterocycles. The van der Waals surface area contributed by atoms with Gasteiger partial charge in [-0.1, -0.05) is 12.1 Å². The van der Waals surface area contributed by atoms with Crippen molar-refractivity contribution in [3.8, 4) is 5.75 Å². The maximum atomic E-state index is 14.8. The Bertz CT molecular complexity index is 1290. The smallest absolute Gasteiger partial charge is 0.254 e. The molecule has 9 heteroatoms. The fourth-order valence-electron chi connectivity index (χ4n) is 4.50. The number of nitrogens with two attached hydrogens (primary N) is 1. The number of aromatic nitrogens is 2. The highest BCUT2D eigenvalue weighted by Crippen LogP contribution is 2.41. The molecule has 34 heavy (non-hydrogen) atoms. The largest absolute Gasteiger partial charge is 0.485 e. The fourth-order valence-corrected chi connectivity index (χ4v) is 4.50. The molecule has 0 radical (unpaired) electrons. The number of carbonyl (C=O) groups is 1. The van der Waals surface area contributed by atoms with E-state index in [1.165, 1.54) is 6.20 Å². The Morgan fingerprint density at radius 2 is 2.00 bits per heavy atom. The molecule has 0 atom stereocenters. The molecule has 0 fully saturated rings. The summed E-state index contributed by atoms with van der Waals surface area (Å²) in [4.78, 5) is 22.9. The quantitative estimate of drug-likeness (QED) is 0.528. The van der Waals surface area contributed by atoms with Crippen molar-refractivity contribution in [2.75, 3.05) is 24.2 Å². The van der Waals surface area contributed by atoms with E-state index in [1.807, 2.05) is 39.1 Å². The summed E-state index contributed by atoms with van der Waals surface area (Å²) in [5.41, 5.74) is 9.42. The molecule has 3 aromatic rings. The van der Waals surface area contributed by atoms with Gasteiger partial charge in [0.25, 0.3) is 5.91 Å². The molecule has 5 rings (SSSR count). The van der Waals surface area contributed by atoms with E-state index >= 15 is 0 Å². The van der Waals surface area contributed by atoms with Crippen molar-refractivity contribution in [1.29, 1.82) is 0 Å². The molecule has 0 saturated carbocycles. The second-order valence-corrected chi connectivity index (χ2v) is 9.49. The number of nitrogens with zero attached hydrogens (tertiary/aromatic N) is 3. The number of primary amides is 1. The molecule has 1 aromatic heterocycles. The maximum absolute atomic E-state index is 14.8. The monoisotopic (exact) mass is 462 g/mol. The van der Waals surface area contributed by atoms with E-state index in [1.54, 1.807) is 12.1 Å². The summed E-state index contributed by atoms with van der Waals surface area (Å²) >= 11 is 0. The van der Waals surface area contributed by atoms with Crippen LogP contribution in [0.25, 0.3) is 0 Å². The molecule has 1 amide bonds. The van der Waals surface area contributed by atoms with Crippen LogP contribution in [0.15, 0.2) is 36.5 Å². The van der Waals surface area contributed by atoms with Crippen molar-refractivity contribution < 1.29 is 13.9 Å². The minimum atomic E-state index is -0.675. The number of fused-ring (bicyclic) bond motifs is 2. The third kappa shape index (κ3) is 4.26. The van der Waals surface area contributed by atoms with Crippen molar-refractivity contribution in [3.05, 3.63) is 64.6 Å². The molecule has 0 saturated heterocycles. The summed E-state index contributed by atoms with van der Waals surface area (Å²) in [5.74, 6) is 0.0119. The first kappa shape index (κ1) is 22.1. The average Bonchev–Trinajstić information content (AvgIpc) is 3.09. The number of halogens is 1. The molecule has 2 aromatic carbocycles. The highest BCUT2D eigenvalue weighted by molar-refractivity contribution is 5.98. The number of amides is 1. The Balaban J connectivity index is 1.47. The first-order valence-electron chi connectivity index (χ1n) is 11.2. The van der Waals surface area contributed by atoms with Gasteiger partial charge in [0.2, 0.25) is 5.95 Å². The minimum absolute atomic E-state index is 0.118. The molecule has 2 aliphatic heterocycles. The topological polar surface area (TPSA) is 105 Å². The molecule has 4 N–H and O–H groups in total. The number of likely N-dealkylation sites (N-methyl/N-ethyl adjacent to an activating group) is 1. The molecular formula is C25H27FN6O2. The van der Waals surface area contributed by atoms with E-state index in [4.69, 9.17) is 10.5 Å². The van der Waals surface area contributed by atoms with Crippen molar-refractivity contribution >= 4 is 29.0 Å². The first-order chi connectivity index (χ1) is 16.2. The van der Waals surface area contributed by atoms with Gasteiger partial charge in [-0.3, -0.25) is 4.79 Å². The number of benzene rings is 2. The van der Waals surface area contributed by atoms with Gasteiger partial charge in [0.05, 0.1) is 11.4 Å². The lowest BCUT2D eigenvalue weighted by Crippen LogP contribution is -2.26. The summed E-state index contributed by atoms with van der Waals surface area (Å²) in [7, 11) is 2.04. The lowest BCUT2D eigenvalue weighted by atomic mass is 9.99. The van der Waals surface area contributed by atoms with E-state index in [2.05, 4.69) is 25.5 Å². The molecule has 8 nitrogen and oxygen atoms in total. The number of ether oxygens (including phenoxy) is 1. The minimum Gasteiger partial charge on any atom is -0.485 e. The first-order valence-corrected chi connectivity index (χ1v) is 11.2. The normalized spacial score (nSPS) is 16.4.